The van der Waals surface area contributed by atoms with Crippen molar-refractivity contribution < 1.29 is 4.74 Å². The fourth-order valence-electron chi connectivity index (χ4n) is 2.46. The van der Waals surface area contributed by atoms with E-state index >= 15 is 0 Å². The Labute approximate surface area is 97.0 Å². The van der Waals surface area contributed by atoms with Gasteiger partial charge in [0.2, 0.25) is 0 Å². The quantitative estimate of drug-likeness (QED) is 0.794. The van der Waals surface area contributed by atoms with Crippen molar-refractivity contribution in [2.75, 3.05) is 13.7 Å². The molecule has 0 saturated carbocycles. The van der Waals surface area contributed by atoms with Crippen LogP contribution < -0.4 is 15.8 Å². The number of rotatable bonds is 2. The third-order valence-corrected chi connectivity index (χ3v) is 3.40. The maximum Gasteiger partial charge on any atom is 0.122 e. The molecule has 0 spiro atoms. The number of ether oxygens (including phenoxy) is 1. The Morgan fingerprint density at radius 1 is 1.38 bits per heavy atom. The molecule has 0 bridgehead atoms. The van der Waals surface area contributed by atoms with E-state index in [2.05, 4.69) is 24.4 Å². The lowest BCUT2D eigenvalue weighted by Gasteiger charge is -2.34. The monoisotopic (exact) mass is 220 g/mol. The van der Waals surface area contributed by atoms with Gasteiger partial charge in [-0.25, -0.2) is 0 Å². The minimum atomic E-state index is 0.242. The highest BCUT2D eigenvalue weighted by molar-refractivity contribution is 5.37. The van der Waals surface area contributed by atoms with E-state index in [1.54, 1.807) is 7.11 Å². The van der Waals surface area contributed by atoms with Crippen molar-refractivity contribution in [2.45, 2.75) is 31.3 Å². The molecule has 3 unspecified atom stereocenters. The maximum atomic E-state index is 6.01. The minimum Gasteiger partial charge on any atom is -0.496 e. The molecule has 1 fully saturated rings. The van der Waals surface area contributed by atoms with Gasteiger partial charge in [0.1, 0.15) is 5.75 Å². The number of hydrogen-bond donors (Lipinski definition) is 2. The molecule has 1 aliphatic heterocycles. The first-order chi connectivity index (χ1) is 7.72. The van der Waals surface area contributed by atoms with Crippen LogP contribution in [0.25, 0.3) is 0 Å². The second-order valence-electron chi connectivity index (χ2n) is 4.54. The van der Waals surface area contributed by atoms with Crippen molar-refractivity contribution in [3.63, 3.8) is 0 Å². The van der Waals surface area contributed by atoms with Gasteiger partial charge in [-0.2, -0.15) is 0 Å². The highest BCUT2D eigenvalue weighted by atomic mass is 16.5. The predicted octanol–water partition coefficient (Wildman–Crippen LogP) is 1.49. The van der Waals surface area contributed by atoms with E-state index in [4.69, 9.17) is 10.5 Å². The summed E-state index contributed by atoms with van der Waals surface area (Å²) in [6.45, 7) is 3.12. The fourth-order valence-corrected chi connectivity index (χ4v) is 2.46. The topological polar surface area (TPSA) is 47.3 Å². The molecule has 2 rings (SSSR count). The average Bonchev–Trinajstić information content (AvgIpc) is 2.32. The van der Waals surface area contributed by atoms with Crippen molar-refractivity contribution in [1.82, 2.24) is 5.32 Å². The van der Waals surface area contributed by atoms with Gasteiger partial charge in [-0.1, -0.05) is 18.2 Å². The standard InChI is InChI=1S/C13H20N2O/c1-9-12(7-10(14)8-15-9)11-5-3-4-6-13(11)16-2/h3-6,9-10,12,15H,7-8,14H2,1-2H3. The summed E-state index contributed by atoms with van der Waals surface area (Å²) in [5.41, 5.74) is 7.28. The highest BCUT2D eigenvalue weighted by Gasteiger charge is 2.28. The summed E-state index contributed by atoms with van der Waals surface area (Å²) >= 11 is 0. The number of nitrogens with two attached hydrogens (primary N) is 1. The zero-order valence-electron chi connectivity index (χ0n) is 9.94. The predicted molar refractivity (Wildman–Crippen MR) is 65.8 cm³/mol. The van der Waals surface area contributed by atoms with Crippen molar-refractivity contribution in [2.24, 2.45) is 5.73 Å². The lowest BCUT2D eigenvalue weighted by Crippen LogP contribution is -2.48. The first-order valence-electron chi connectivity index (χ1n) is 5.84. The summed E-state index contributed by atoms with van der Waals surface area (Å²) in [7, 11) is 1.72. The van der Waals surface area contributed by atoms with Gasteiger partial charge < -0.3 is 15.8 Å². The number of piperidine rings is 1. The normalized spacial score (nSPS) is 30.1. The molecule has 3 atom stereocenters. The van der Waals surface area contributed by atoms with E-state index in [0.29, 0.717) is 12.0 Å². The van der Waals surface area contributed by atoms with Crippen molar-refractivity contribution >= 4 is 0 Å². The Balaban J connectivity index is 2.27. The highest BCUT2D eigenvalue weighted by Crippen LogP contribution is 2.33. The molecule has 1 aliphatic rings. The number of nitrogens with one attached hydrogen (secondary N) is 1. The van der Waals surface area contributed by atoms with Gasteiger partial charge in [0.15, 0.2) is 0 Å². The fraction of sp³-hybridized carbons (Fsp3) is 0.538. The van der Waals surface area contributed by atoms with E-state index in [1.807, 2.05) is 12.1 Å². The van der Waals surface area contributed by atoms with Gasteiger partial charge in [-0.3, -0.25) is 0 Å². The molecule has 3 nitrogen and oxygen atoms in total. The third kappa shape index (κ3) is 2.20. The van der Waals surface area contributed by atoms with Crippen molar-refractivity contribution in [3.05, 3.63) is 29.8 Å². The van der Waals surface area contributed by atoms with Crippen LogP contribution in [-0.4, -0.2) is 25.7 Å². The molecule has 88 valence electrons. The number of para-hydroxylation sites is 1. The Hall–Kier alpha value is -1.06. The van der Waals surface area contributed by atoms with Gasteiger partial charge in [0.05, 0.1) is 7.11 Å². The van der Waals surface area contributed by atoms with E-state index in [9.17, 15) is 0 Å². The van der Waals surface area contributed by atoms with Crippen LogP contribution in [0.3, 0.4) is 0 Å². The van der Waals surface area contributed by atoms with Gasteiger partial charge in [0, 0.05) is 24.5 Å². The molecule has 1 saturated heterocycles. The van der Waals surface area contributed by atoms with Crippen LogP contribution in [0.1, 0.15) is 24.8 Å². The third-order valence-electron chi connectivity index (χ3n) is 3.40. The summed E-state index contributed by atoms with van der Waals surface area (Å²) in [4.78, 5) is 0. The minimum absolute atomic E-state index is 0.242. The molecular weight excluding hydrogens is 200 g/mol. The van der Waals surface area contributed by atoms with Crippen LogP contribution in [0.2, 0.25) is 0 Å². The van der Waals surface area contributed by atoms with E-state index in [1.165, 1.54) is 5.56 Å². The van der Waals surface area contributed by atoms with Gasteiger partial charge in [-0.05, 0) is 25.0 Å². The summed E-state index contributed by atoms with van der Waals surface area (Å²) < 4.78 is 5.41. The summed E-state index contributed by atoms with van der Waals surface area (Å²) in [5.74, 6) is 1.41. The lowest BCUT2D eigenvalue weighted by molar-refractivity contribution is 0.325. The largest absolute Gasteiger partial charge is 0.496 e. The molecule has 3 heteroatoms. The molecule has 0 radical (unpaired) electrons. The number of hydrogen-bond acceptors (Lipinski definition) is 3. The summed E-state index contributed by atoms with van der Waals surface area (Å²) in [5, 5.41) is 3.45. The Kier molecular flexibility index (Phi) is 3.46. The molecule has 1 heterocycles. The zero-order chi connectivity index (χ0) is 11.5. The molecule has 16 heavy (non-hydrogen) atoms. The van der Waals surface area contributed by atoms with Gasteiger partial charge in [0.25, 0.3) is 0 Å². The summed E-state index contributed by atoms with van der Waals surface area (Å²) in [6, 6.07) is 8.91. The first-order valence-corrected chi connectivity index (χ1v) is 5.84. The van der Waals surface area contributed by atoms with Crippen LogP contribution >= 0.6 is 0 Å². The molecule has 1 aromatic rings. The van der Waals surface area contributed by atoms with Crippen LogP contribution in [0.15, 0.2) is 24.3 Å². The van der Waals surface area contributed by atoms with Crippen molar-refractivity contribution in [3.8, 4) is 5.75 Å². The zero-order valence-corrected chi connectivity index (χ0v) is 9.94. The molecule has 0 amide bonds. The maximum absolute atomic E-state index is 6.01. The summed E-state index contributed by atoms with van der Waals surface area (Å²) in [6.07, 6.45) is 1.02. The van der Waals surface area contributed by atoms with Crippen LogP contribution in [0, 0.1) is 0 Å². The Morgan fingerprint density at radius 2 is 2.12 bits per heavy atom. The lowest BCUT2D eigenvalue weighted by atomic mass is 9.83. The molecular formula is C13H20N2O. The van der Waals surface area contributed by atoms with Crippen molar-refractivity contribution in [1.29, 1.82) is 0 Å². The second-order valence-corrected chi connectivity index (χ2v) is 4.54. The van der Waals surface area contributed by atoms with Gasteiger partial charge >= 0.3 is 0 Å². The molecule has 0 aromatic heterocycles. The van der Waals surface area contributed by atoms with Crippen LogP contribution in [0.5, 0.6) is 5.75 Å². The van der Waals surface area contributed by atoms with Crippen LogP contribution in [0.4, 0.5) is 0 Å². The van der Waals surface area contributed by atoms with E-state index in [0.717, 1.165) is 18.7 Å². The number of benzene rings is 1. The molecule has 3 N–H and O–H groups in total. The van der Waals surface area contributed by atoms with Gasteiger partial charge in [-0.15, -0.1) is 0 Å². The smallest absolute Gasteiger partial charge is 0.122 e. The molecule has 1 aromatic carbocycles. The Bertz CT molecular complexity index is 354. The SMILES string of the molecule is COc1ccccc1C1CC(N)CNC1C. The van der Waals surface area contributed by atoms with Crippen LogP contribution in [-0.2, 0) is 0 Å². The Morgan fingerprint density at radius 3 is 2.88 bits per heavy atom. The molecule has 0 aliphatic carbocycles. The number of methoxy groups -OCH3 is 1. The second kappa shape index (κ2) is 4.85. The van der Waals surface area contributed by atoms with E-state index < -0.39 is 0 Å². The first kappa shape index (κ1) is 11.4. The van der Waals surface area contributed by atoms with E-state index in [-0.39, 0.29) is 6.04 Å². The average molecular weight is 220 g/mol.